The van der Waals surface area contributed by atoms with Crippen LogP contribution in [0.3, 0.4) is 0 Å². The highest BCUT2D eigenvalue weighted by atomic mass is 35.5. The first kappa shape index (κ1) is 11.0. The van der Waals surface area contributed by atoms with Crippen LogP contribution in [0, 0.1) is 0 Å². The molecule has 14 heavy (non-hydrogen) atoms. The molecule has 0 saturated carbocycles. The molecule has 0 radical (unpaired) electrons. The molecule has 0 amide bonds. The smallest absolute Gasteiger partial charge is 0.167 e. The van der Waals surface area contributed by atoms with Crippen molar-refractivity contribution in [2.75, 3.05) is 0 Å². The Labute approximate surface area is 89.4 Å². The Hall–Kier alpha value is -1.08. The molecule has 1 aliphatic carbocycles. The average molecular weight is 209 g/mol. The molecular formula is C12H13ClO. The van der Waals surface area contributed by atoms with Crippen molar-refractivity contribution in [2.45, 2.75) is 20.3 Å². The standard InChI is InChI=1S/C10H7ClO.C2H6/c11-8-5-4-7-2-1-3-10(12)9(7)6-8;1-2/h1-2,4-6H,3H2;1-2H3. The van der Waals surface area contributed by atoms with Gasteiger partial charge in [-0.2, -0.15) is 0 Å². The molecule has 0 heterocycles. The minimum Gasteiger partial charge on any atom is -0.294 e. The second-order valence-electron chi connectivity index (χ2n) is 2.76. The van der Waals surface area contributed by atoms with Gasteiger partial charge in [-0.05, 0) is 17.7 Å². The topological polar surface area (TPSA) is 17.1 Å². The Morgan fingerprint density at radius 2 is 2.00 bits per heavy atom. The Balaban J connectivity index is 0.000000461. The molecule has 1 aliphatic rings. The lowest BCUT2D eigenvalue weighted by Gasteiger charge is -2.08. The van der Waals surface area contributed by atoms with E-state index >= 15 is 0 Å². The fourth-order valence-electron chi connectivity index (χ4n) is 1.32. The summed E-state index contributed by atoms with van der Waals surface area (Å²) in [6.45, 7) is 4.00. The van der Waals surface area contributed by atoms with E-state index in [-0.39, 0.29) is 5.78 Å². The highest BCUT2D eigenvalue weighted by Crippen LogP contribution is 2.22. The molecule has 1 aromatic carbocycles. The number of rotatable bonds is 0. The maximum Gasteiger partial charge on any atom is 0.167 e. The molecule has 0 aliphatic heterocycles. The minimum absolute atomic E-state index is 0.148. The summed E-state index contributed by atoms with van der Waals surface area (Å²) in [7, 11) is 0. The number of carbonyl (C=O) groups is 1. The first-order valence-electron chi connectivity index (χ1n) is 4.76. The van der Waals surface area contributed by atoms with E-state index in [1.165, 1.54) is 0 Å². The van der Waals surface area contributed by atoms with Crippen molar-refractivity contribution in [1.29, 1.82) is 0 Å². The van der Waals surface area contributed by atoms with Crippen LogP contribution in [0.2, 0.25) is 5.02 Å². The van der Waals surface area contributed by atoms with E-state index in [9.17, 15) is 4.79 Å². The van der Waals surface area contributed by atoms with Crippen molar-refractivity contribution < 1.29 is 4.79 Å². The van der Waals surface area contributed by atoms with Crippen LogP contribution >= 0.6 is 11.6 Å². The third kappa shape index (κ3) is 2.24. The highest BCUT2D eigenvalue weighted by molar-refractivity contribution is 6.31. The highest BCUT2D eigenvalue weighted by Gasteiger charge is 2.12. The molecule has 2 heteroatoms. The largest absolute Gasteiger partial charge is 0.294 e. The maximum atomic E-state index is 11.3. The number of hydrogen-bond acceptors (Lipinski definition) is 1. The zero-order chi connectivity index (χ0) is 10.6. The fourth-order valence-corrected chi connectivity index (χ4v) is 1.49. The lowest BCUT2D eigenvalue weighted by atomic mass is 9.96. The summed E-state index contributed by atoms with van der Waals surface area (Å²) in [6.07, 6.45) is 4.32. The van der Waals surface area contributed by atoms with E-state index in [0.717, 1.165) is 11.1 Å². The van der Waals surface area contributed by atoms with Gasteiger partial charge in [0.1, 0.15) is 0 Å². The van der Waals surface area contributed by atoms with E-state index < -0.39 is 0 Å². The first-order chi connectivity index (χ1) is 6.77. The van der Waals surface area contributed by atoms with Gasteiger partial charge in [-0.25, -0.2) is 0 Å². The molecule has 0 bridgehead atoms. The molecule has 0 saturated heterocycles. The van der Waals surface area contributed by atoms with Gasteiger partial charge in [-0.3, -0.25) is 4.79 Å². The molecule has 0 N–H and O–H groups in total. The third-order valence-electron chi connectivity index (χ3n) is 1.92. The van der Waals surface area contributed by atoms with Crippen molar-refractivity contribution in [2.24, 2.45) is 0 Å². The minimum atomic E-state index is 0.148. The number of carbonyl (C=O) groups excluding carboxylic acids is 1. The van der Waals surface area contributed by atoms with Crippen LogP contribution < -0.4 is 0 Å². The predicted octanol–water partition coefficient (Wildman–Crippen LogP) is 3.97. The molecule has 1 aromatic rings. The van der Waals surface area contributed by atoms with Gasteiger partial charge in [-0.1, -0.05) is 43.7 Å². The van der Waals surface area contributed by atoms with Crippen LogP contribution in [0.5, 0.6) is 0 Å². The van der Waals surface area contributed by atoms with Gasteiger partial charge in [0.15, 0.2) is 5.78 Å². The Morgan fingerprint density at radius 3 is 2.71 bits per heavy atom. The summed E-state index contributed by atoms with van der Waals surface area (Å²) in [6, 6.07) is 5.39. The van der Waals surface area contributed by atoms with Gasteiger partial charge in [0.05, 0.1) is 0 Å². The lowest BCUT2D eigenvalue weighted by molar-refractivity contribution is 0.0994. The van der Waals surface area contributed by atoms with Gasteiger partial charge in [-0.15, -0.1) is 0 Å². The fraction of sp³-hybridized carbons (Fsp3) is 0.250. The lowest BCUT2D eigenvalue weighted by Crippen LogP contribution is -2.03. The van der Waals surface area contributed by atoms with Crippen molar-refractivity contribution in [3.05, 3.63) is 40.4 Å². The van der Waals surface area contributed by atoms with Crippen LogP contribution in [0.25, 0.3) is 6.08 Å². The zero-order valence-electron chi connectivity index (χ0n) is 8.38. The molecule has 0 fully saturated rings. The molecule has 2 rings (SSSR count). The number of hydrogen-bond donors (Lipinski definition) is 0. The van der Waals surface area contributed by atoms with Crippen LogP contribution in [-0.4, -0.2) is 5.78 Å². The van der Waals surface area contributed by atoms with E-state index in [0.29, 0.717) is 11.4 Å². The zero-order valence-corrected chi connectivity index (χ0v) is 9.14. The SMILES string of the molecule is CC.O=C1CC=Cc2ccc(Cl)cc21. The maximum absolute atomic E-state index is 11.3. The molecule has 0 unspecified atom stereocenters. The van der Waals surface area contributed by atoms with E-state index in [1.54, 1.807) is 12.1 Å². The van der Waals surface area contributed by atoms with Crippen molar-refractivity contribution in [3.8, 4) is 0 Å². The van der Waals surface area contributed by atoms with E-state index in [2.05, 4.69) is 0 Å². The first-order valence-corrected chi connectivity index (χ1v) is 5.14. The number of Topliss-reactive ketones (excluding diaryl/α,β-unsaturated/α-hetero) is 1. The Kier molecular flexibility index (Phi) is 3.90. The number of fused-ring (bicyclic) bond motifs is 1. The second kappa shape index (κ2) is 4.97. The summed E-state index contributed by atoms with van der Waals surface area (Å²) in [5.74, 6) is 0.148. The van der Waals surface area contributed by atoms with Crippen LogP contribution in [0.15, 0.2) is 24.3 Å². The van der Waals surface area contributed by atoms with E-state index in [1.807, 2.05) is 32.1 Å². The molecule has 74 valence electrons. The Bertz CT molecular complexity index is 367. The van der Waals surface area contributed by atoms with E-state index in [4.69, 9.17) is 11.6 Å². The molecular weight excluding hydrogens is 196 g/mol. The monoisotopic (exact) mass is 208 g/mol. The summed E-state index contributed by atoms with van der Waals surface area (Å²) in [4.78, 5) is 11.3. The summed E-state index contributed by atoms with van der Waals surface area (Å²) in [5.41, 5.74) is 1.71. The van der Waals surface area contributed by atoms with Gasteiger partial charge in [0.2, 0.25) is 0 Å². The summed E-state index contributed by atoms with van der Waals surface area (Å²) >= 11 is 5.77. The molecule has 0 atom stereocenters. The Morgan fingerprint density at radius 1 is 1.29 bits per heavy atom. The third-order valence-corrected chi connectivity index (χ3v) is 2.15. The summed E-state index contributed by atoms with van der Waals surface area (Å²) < 4.78 is 0. The van der Waals surface area contributed by atoms with Gasteiger partial charge >= 0.3 is 0 Å². The normalized spacial score (nSPS) is 12.9. The number of halogens is 1. The number of benzene rings is 1. The van der Waals surface area contributed by atoms with Crippen molar-refractivity contribution in [3.63, 3.8) is 0 Å². The van der Waals surface area contributed by atoms with Crippen LogP contribution in [-0.2, 0) is 0 Å². The number of ketones is 1. The quantitative estimate of drug-likeness (QED) is 0.631. The second-order valence-corrected chi connectivity index (χ2v) is 3.20. The predicted molar refractivity (Wildman–Crippen MR) is 60.8 cm³/mol. The van der Waals surface area contributed by atoms with Crippen LogP contribution in [0.1, 0.15) is 36.2 Å². The molecule has 0 spiro atoms. The van der Waals surface area contributed by atoms with Crippen LogP contribution in [0.4, 0.5) is 0 Å². The molecule has 1 nitrogen and oxygen atoms in total. The van der Waals surface area contributed by atoms with Crippen molar-refractivity contribution in [1.82, 2.24) is 0 Å². The van der Waals surface area contributed by atoms with Gasteiger partial charge < -0.3 is 0 Å². The average Bonchev–Trinajstić information content (AvgIpc) is 2.22. The molecule has 0 aromatic heterocycles. The van der Waals surface area contributed by atoms with Gasteiger partial charge in [0, 0.05) is 17.0 Å². The summed E-state index contributed by atoms with van der Waals surface area (Å²) in [5, 5.41) is 0.623. The number of allylic oxidation sites excluding steroid dienone is 1. The van der Waals surface area contributed by atoms with Gasteiger partial charge in [0.25, 0.3) is 0 Å². The van der Waals surface area contributed by atoms with Crippen molar-refractivity contribution >= 4 is 23.5 Å².